The molecule has 30 heavy (non-hydrogen) atoms. The van der Waals surface area contributed by atoms with Gasteiger partial charge < -0.3 is 10.6 Å². The van der Waals surface area contributed by atoms with E-state index >= 15 is 0 Å². The smallest absolute Gasteiger partial charge is 0.256 e. The first-order valence-corrected chi connectivity index (χ1v) is 9.78. The average molecular weight is 395 g/mol. The van der Waals surface area contributed by atoms with Crippen molar-refractivity contribution >= 4 is 28.4 Å². The van der Waals surface area contributed by atoms with Crippen molar-refractivity contribution in [3.05, 3.63) is 108 Å². The number of carbonyl (C=O) groups is 2. The van der Waals surface area contributed by atoms with Crippen LogP contribution in [0.4, 0.5) is 5.69 Å². The molecule has 3 aromatic carbocycles. The molecule has 148 valence electrons. The standard InChI is InChI=1S/C25H21N3O2/c29-24(27-16-14-18-8-2-1-3-9-18)21-11-5-7-13-23(21)28-25(30)20-15-17-26-22-12-6-4-10-19(20)22/h1-13,15,17H,14,16H2,(H,27,29)(H,28,30). The molecule has 1 aromatic heterocycles. The number of hydrogen-bond donors (Lipinski definition) is 2. The Kier molecular flexibility index (Phi) is 5.80. The number of anilines is 1. The second kappa shape index (κ2) is 9.01. The summed E-state index contributed by atoms with van der Waals surface area (Å²) in [7, 11) is 0. The van der Waals surface area contributed by atoms with Gasteiger partial charge in [0.1, 0.15) is 0 Å². The molecule has 0 spiro atoms. The van der Waals surface area contributed by atoms with E-state index in [2.05, 4.69) is 15.6 Å². The summed E-state index contributed by atoms with van der Waals surface area (Å²) >= 11 is 0. The van der Waals surface area contributed by atoms with E-state index in [1.165, 1.54) is 0 Å². The molecule has 0 saturated carbocycles. The van der Waals surface area contributed by atoms with Gasteiger partial charge in [-0.15, -0.1) is 0 Å². The molecule has 0 aliphatic carbocycles. The van der Waals surface area contributed by atoms with Gasteiger partial charge >= 0.3 is 0 Å². The molecule has 4 rings (SSSR count). The summed E-state index contributed by atoms with van der Waals surface area (Å²) in [5.41, 5.74) is 3.32. The number of fused-ring (bicyclic) bond motifs is 1. The Bertz CT molecular complexity index is 1180. The van der Waals surface area contributed by atoms with Gasteiger partial charge in [-0.25, -0.2) is 0 Å². The van der Waals surface area contributed by atoms with E-state index in [4.69, 9.17) is 0 Å². The van der Waals surface area contributed by atoms with Crippen LogP contribution in [0.15, 0.2) is 91.1 Å². The predicted octanol–water partition coefficient (Wildman–Crippen LogP) is 4.46. The number of amides is 2. The first-order valence-electron chi connectivity index (χ1n) is 9.78. The van der Waals surface area contributed by atoms with Gasteiger partial charge in [0.25, 0.3) is 11.8 Å². The van der Waals surface area contributed by atoms with Gasteiger partial charge in [-0.3, -0.25) is 14.6 Å². The van der Waals surface area contributed by atoms with Gasteiger partial charge in [0, 0.05) is 18.1 Å². The zero-order valence-corrected chi connectivity index (χ0v) is 16.3. The SMILES string of the molecule is O=C(NCCc1ccccc1)c1ccccc1NC(=O)c1ccnc2ccccc12. The van der Waals surface area contributed by atoms with Crippen molar-refractivity contribution in [2.45, 2.75) is 6.42 Å². The number of hydrogen-bond acceptors (Lipinski definition) is 3. The highest BCUT2D eigenvalue weighted by Gasteiger charge is 2.15. The fourth-order valence-electron chi connectivity index (χ4n) is 3.33. The number of para-hydroxylation sites is 2. The van der Waals surface area contributed by atoms with Crippen LogP contribution >= 0.6 is 0 Å². The van der Waals surface area contributed by atoms with Crippen molar-refractivity contribution in [2.24, 2.45) is 0 Å². The zero-order valence-electron chi connectivity index (χ0n) is 16.3. The molecule has 0 atom stereocenters. The van der Waals surface area contributed by atoms with Gasteiger partial charge in [-0.2, -0.15) is 0 Å². The maximum atomic E-state index is 12.9. The average Bonchev–Trinajstić information content (AvgIpc) is 2.79. The Hall–Kier alpha value is -3.99. The number of aromatic nitrogens is 1. The number of pyridine rings is 1. The normalized spacial score (nSPS) is 10.5. The molecule has 2 amide bonds. The van der Waals surface area contributed by atoms with Crippen LogP contribution in [0.1, 0.15) is 26.3 Å². The number of carbonyl (C=O) groups excluding carboxylic acids is 2. The Morgan fingerprint density at radius 1 is 0.733 bits per heavy atom. The number of nitrogens with one attached hydrogen (secondary N) is 2. The van der Waals surface area contributed by atoms with Gasteiger partial charge in [0.15, 0.2) is 0 Å². The maximum absolute atomic E-state index is 12.9. The van der Waals surface area contributed by atoms with Crippen LogP contribution in [-0.2, 0) is 6.42 Å². The topological polar surface area (TPSA) is 71.1 Å². The lowest BCUT2D eigenvalue weighted by Gasteiger charge is -2.12. The second-order valence-electron chi connectivity index (χ2n) is 6.87. The molecule has 0 aliphatic heterocycles. The molecule has 1 heterocycles. The van der Waals surface area contributed by atoms with E-state index in [0.717, 1.165) is 22.9 Å². The van der Waals surface area contributed by atoms with E-state index in [-0.39, 0.29) is 11.8 Å². The van der Waals surface area contributed by atoms with Gasteiger partial charge in [-0.05, 0) is 36.2 Å². The molecule has 5 nitrogen and oxygen atoms in total. The van der Waals surface area contributed by atoms with Crippen molar-refractivity contribution in [3.8, 4) is 0 Å². The molecule has 4 aromatic rings. The highest BCUT2D eigenvalue weighted by Crippen LogP contribution is 2.20. The number of nitrogens with zero attached hydrogens (tertiary/aromatic N) is 1. The Morgan fingerprint density at radius 3 is 2.33 bits per heavy atom. The molecule has 0 radical (unpaired) electrons. The molecular formula is C25H21N3O2. The van der Waals surface area contributed by atoms with E-state index < -0.39 is 0 Å². The van der Waals surface area contributed by atoms with Crippen molar-refractivity contribution in [1.29, 1.82) is 0 Å². The van der Waals surface area contributed by atoms with Gasteiger partial charge in [0.2, 0.25) is 0 Å². The van der Waals surface area contributed by atoms with Crippen LogP contribution < -0.4 is 10.6 Å². The summed E-state index contributed by atoms with van der Waals surface area (Å²) in [5, 5.41) is 6.58. The summed E-state index contributed by atoms with van der Waals surface area (Å²) in [5.74, 6) is -0.500. The molecular weight excluding hydrogens is 374 g/mol. The summed E-state index contributed by atoms with van der Waals surface area (Å²) in [4.78, 5) is 29.9. The minimum atomic E-state index is -0.280. The highest BCUT2D eigenvalue weighted by atomic mass is 16.2. The third-order valence-electron chi connectivity index (χ3n) is 4.86. The fourth-order valence-corrected chi connectivity index (χ4v) is 3.33. The lowest BCUT2D eigenvalue weighted by atomic mass is 10.1. The second-order valence-corrected chi connectivity index (χ2v) is 6.87. The van der Waals surface area contributed by atoms with E-state index in [1.54, 1.807) is 36.5 Å². The van der Waals surface area contributed by atoms with Crippen LogP contribution in [0, 0.1) is 0 Å². The summed E-state index contributed by atoms with van der Waals surface area (Å²) in [6.45, 7) is 0.514. The van der Waals surface area contributed by atoms with E-state index in [9.17, 15) is 9.59 Å². The third kappa shape index (κ3) is 4.36. The van der Waals surface area contributed by atoms with Gasteiger partial charge in [0.05, 0.1) is 22.3 Å². The Labute approximate surface area is 174 Å². The predicted molar refractivity (Wildman–Crippen MR) is 119 cm³/mol. The van der Waals surface area contributed by atoms with Crippen LogP contribution in [0.2, 0.25) is 0 Å². The Morgan fingerprint density at radius 2 is 1.47 bits per heavy atom. The molecule has 2 N–H and O–H groups in total. The molecule has 0 fully saturated rings. The highest BCUT2D eigenvalue weighted by molar-refractivity contribution is 6.14. The van der Waals surface area contributed by atoms with Crippen LogP contribution in [0.5, 0.6) is 0 Å². The first kappa shape index (κ1) is 19.3. The van der Waals surface area contributed by atoms with E-state index in [1.807, 2.05) is 54.6 Å². The lowest BCUT2D eigenvalue weighted by Crippen LogP contribution is -2.27. The summed E-state index contributed by atoms with van der Waals surface area (Å²) in [6, 6.07) is 26.1. The fraction of sp³-hybridized carbons (Fsp3) is 0.0800. The third-order valence-corrected chi connectivity index (χ3v) is 4.86. The van der Waals surface area contributed by atoms with Crippen LogP contribution in [0.3, 0.4) is 0 Å². The van der Waals surface area contributed by atoms with E-state index in [0.29, 0.717) is 23.4 Å². The monoisotopic (exact) mass is 395 g/mol. The summed E-state index contributed by atoms with van der Waals surface area (Å²) in [6.07, 6.45) is 2.35. The lowest BCUT2D eigenvalue weighted by molar-refractivity contribution is 0.0955. The largest absolute Gasteiger partial charge is 0.352 e. The Balaban J connectivity index is 1.49. The summed E-state index contributed by atoms with van der Waals surface area (Å²) < 4.78 is 0. The molecule has 0 unspecified atom stereocenters. The molecule has 0 bridgehead atoms. The molecule has 0 saturated heterocycles. The van der Waals surface area contributed by atoms with Crippen molar-refractivity contribution < 1.29 is 9.59 Å². The van der Waals surface area contributed by atoms with Crippen molar-refractivity contribution in [1.82, 2.24) is 10.3 Å². The zero-order chi connectivity index (χ0) is 20.8. The number of rotatable bonds is 6. The van der Waals surface area contributed by atoms with Crippen LogP contribution in [-0.4, -0.2) is 23.3 Å². The van der Waals surface area contributed by atoms with Crippen molar-refractivity contribution in [3.63, 3.8) is 0 Å². The maximum Gasteiger partial charge on any atom is 0.256 e. The number of benzene rings is 3. The molecule has 5 heteroatoms. The molecule has 0 aliphatic rings. The van der Waals surface area contributed by atoms with Crippen LogP contribution in [0.25, 0.3) is 10.9 Å². The van der Waals surface area contributed by atoms with Gasteiger partial charge in [-0.1, -0.05) is 60.7 Å². The quantitative estimate of drug-likeness (QED) is 0.506. The minimum Gasteiger partial charge on any atom is -0.352 e. The van der Waals surface area contributed by atoms with Crippen molar-refractivity contribution in [2.75, 3.05) is 11.9 Å². The first-order chi connectivity index (χ1) is 14.7. The minimum absolute atomic E-state index is 0.221.